The third-order valence-electron chi connectivity index (χ3n) is 5.57. The van der Waals surface area contributed by atoms with Gasteiger partial charge in [0.25, 0.3) is 5.56 Å². The zero-order valence-electron chi connectivity index (χ0n) is 16.3. The first-order valence-electron chi connectivity index (χ1n) is 9.41. The molecule has 0 spiro atoms. The van der Waals surface area contributed by atoms with E-state index in [0.29, 0.717) is 5.69 Å². The number of hydrogen-bond acceptors (Lipinski definition) is 4. The predicted molar refractivity (Wildman–Crippen MR) is 112 cm³/mol. The van der Waals surface area contributed by atoms with Gasteiger partial charge in [-0.3, -0.25) is 19.2 Å². The number of carbonyl (C=O) groups is 1. The van der Waals surface area contributed by atoms with Crippen molar-refractivity contribution in [2.24, 2.45) is 7.05 Å². The Balaban J connectivity index is 1.56. The number of amides is 1. The molecule has 1 aromatic carbocycles. The summed E-state index contributed by atoms with van der Waals surface area (Å²) in [5.74, 6) is -0.148. The first kappa shape index (κ1) is 18.7. The number of aromatic nitrogens is 2. The van der Waals surface area contributed by atoms with E-state index >= 15 is 0 Å². The fraction of sp³-hybridized carbons (Fsp3) is 0.333. The Morgan fingerprint density at radius 1 is 1.21 bits per heavy atom. The molecule has 0 aliphatic carbocycles. The average molecular weight is 397 g/mol. The summed E-state index contributed by atoms with van der Waals surface area (Å²) >= 11 is 1.78. The van der Waals surface area contributed by atoms with Gasteiger partial charge in [0.1, 0.15) is 5.69 Å². The van der Waals surface area contributed by atoms with Gasteiger partial charge in [0, 0.05) is 25.0 Å². The van der Waals surface area contributed by atoms with Gasteiger partial charge in [-0.2, -0.15) is 0 Å². The number of hydrogen-bond donors (Lipinski definition) is 1. The van der Waals surface area contributed by atoms with E-state index in [-0.39, 0.29) is 17.5 Å². The lowest BCUT2D eigenvalue weighted by Gasteiger charge is -2.31. The Bertz CT molecular complexity index is 1060. The van der Waals surface area contributed by atoms with Crippen molar-refractivity contribution in [3.63, 3.8) is 0 Å². The topological polar surface area (TPSA) is 59.3 Å². The summed E-state index contributed by atoms with van der Waals surface area (Å²) in [5, 5.41) is 5.00. The molecular weight excluding hydrogens is 372 g/mol. The van der Waals surface area contributed by atoms with Gasteiger partial charge in [-0.1, -0.05) is 18.2 Å². The number of fused-ring (bicyclic) bond motifs is 1. The van der Waals surface area contributed by atoms with Crippen LogP contribution in [-0.4, -0.2) is 32.8 Å². The van der Waals surface area contributed by atoms with E-state index in [1.165, 1.54) is 10.4 Å². The summed E-state index contributed by atoms with van der Waals surface area (Å²) < 4.78 is 3.35. The van der Waals surface area contributed by atoms with Crippen LogP contribution in [0.4, 0.5) is 5.69 Å². The molecule has 1 atom stereocenters. The molecule has 7 heteroatoms. The van der Waals surface area contributed by atoms with Crippen LogP contribution in [-0.2, 0) is 24.8 Å². The van der Waals surface area contributed by atoms with Crippen molar-refractivity contribution in [3.8, 4) is 5.69 Å². The van der Waals surface area contributed by atoms with Crippen molar-refractivity contribution in [1.29, 1.82) is 0 Å². The van der Waals surface area contributed by atoms with Crippen LogP contribution in [0.15, 0.2) is 46.6 Å². The number of nitrogens with one attached hydrogen (secondary N) is 1. The Kier molecular flexibility index (Phi) is 4.95. The van der Waals surface area contributed by atoms with Gasteiger partial charge in [-0.15, -0.1) is 11.3 Å². The monoisotopic (exact) mass is 396 g/mol. The van der Waals surface area contributed by atoms with Gasteiger partial charge in [0.05, 0.1) is 17.4 Å². The zero-order chi connectivity index (χ0) is 19.8. The molecule has 0 saturated heterocycles. The molecule has 0 fully saturated rings. The third kappa shape index (κ3) is 3.21. The smallest absolute Gasteiger partial charge is 0.295 e. The highest BCUT2D eigenvalue weighted by atomic mass is 32.1. The molecule has 2 aromatic heterocycles. The maximum absolute atomic E-state index is 13.0. The maximum Gasteiger partial charge on any atom is 0.295 e. The minimum Gasteiger partial charge on any atom is -0.319 e. The molecule has 4 rings (SSSR count). The molecule has 3 heterocycles. The van der Waals surface area contributed by atoms with Crippen molar-refractivity contribution in [2.45, 2.75) is 32.9 Å². The molecule has 1 N–H and O–H groups in total. The average Bonchev–Trinajstić information content (AvgIpc) is 3.26. The van der Waals surface area contributed by atoms with E-state index in [1.807, 2.05) is 51.2 Å². The highest BCUT2D eigenvalue weighted by Crippen LogP contribution is 2.25. The zero-order valence-corrected chi connectivity index (χ0v) is 17.1. The van der Waals surface area contributed by atoms with Gasteiger partial charge >= 0.3 is 0 Å². The number of rotatable bonds is 4. The van der Waals surface area contributed by atoms with Crippen molar-refractivity contribution in [3.05, 3.63) is 68.3 Å². The molecule has 28 heavy (non-hydrogen) atoms. The number of anilines is 1. The lowest BCUT2D eigenvalue weighted by molar-refractivity contribution is -0.121. The van der Waals surface area contributed by atoms with Crippen LogP contribution in [0.1, 0.15) is 23.1 Å². The largest absolute Gasteiger partial charge is 0.319 e. The minimum atomic E-state index is -0.308. The first-order valence-corrected chi connectivity index (χ1v) is 10.3. The lowest BCUT2D eigenvalue weighted by Crippen LogP contribution is -2.44. The fourth-order valence-corrected chi connectivity index (χ4v) is 4.60. The predicted octanol–water partition coefficient (Wildman–Crippen LogP) is 2.93. The Hall–Kier alpha value is -2.64. The first-order chi connectivity index (χ1) is 13.5. The molecule has 146 valence electrons. The summed E-state index contributed by atoms with van der Waals surface area (Å²) in [6, 6.07) is 11.3. The second-order valence-electron chi connectivity index (χ2n) is 7.19. The summed E-state index contributed by atoms with van der Waals surface area (Å²) in [5.41, 5.74) is 2.93. The number of para-hydroxylation sites is 1. The molecular formula is C21H24N4O2S. The summed E-state index contributed by atoms with van der Waals surface area (Å²) in [6.45, 7) is 5.37. The van der Waals surface area contributed by atoms with E-state index in [0.717, 1.165) is 30.9 Å². The minimum absolute atomic E-state index is 0.148. The number of benzene rings is 1. The Labute approximate surface area is 168 Å². The lowest BCUT2D eigenvalue weighted by atomic mass is 10.1. The van der Waals surface area contributed by atoms with Gasteiger partial charge < -0.3 is 5.32 Å². The fourth-order valence-electron chi connectivity index (χ4n) is 3.71. The van der Waals surface area contributed by atoms with Gasteiger partial charge in [-0.25, -0.2) is 4.68 Å². The molecule has 6 nitrogen and oxygen atoms in total. The molecule has 0 radical (unpaired) electrons. The summed E-state index contributed by atoms with van der Waals surface area (Å²) in [7, 11) is 1.82. The number of thiophene rings is 1. The quantitative estimate of drug-likeness (QED) is 0.738. The molecule has 1 aliphatic rings. The van der Waals surface area contributed by atoms with Crippen LogP contribution in [0, 0.1) is 6.92 Å². The van der Waals surface area contributed by atoms with Crippen LogP contribution in [0.3, 0.4) is 0 Å². The highest BCUT2D eigenvalue weighted by Gasteiger charge is 2.27. The van der Waals surface area contributed by atoms with Gasteiger partial charge in [0.15, 0.2) is 0 Å². The molecule has 1 aliphatic heterocycles. The SMILES string of the molecule is Cc1c(NC(=O)C(C)N2CCc3sccc3C2)c(=O)n(-c2ccccc2)n1C. The van der Waals surface area contributed by atoms with Crippen LogP contribution < -0.4 is 10.9 Å². The van der Waals surface area contributed by atoms with E-state index in [2.05, 4.69) is 21.7 Å². The molecule has 3 aromatic rings. The second kappa shape index (κ2) is 7.41. The number of nitrogens with zero attached hydrogens (tertiary/aromatic N) is 3. The molecule has 0 saturated carbocycles. The van der Waals surface area contributed by atoms with Crippen LogP contribution >= 0.6 is 11.3 Å². The van der Waals surface area contributed by atoms with Crippen molar-refractivity contribution in [1.82, 2.24) is 14.3 Å². The molecule has 1 unspecified atom stereocenters. The van der Waals surface area contributed by atoms with Crippen molar-refractivity contribution in [2.75, 3.05) is 11.9 Å². The van der Waals surface area contributed by atoms with Crippen LogP contribution in [0.5, 0.6) is 0 Å². The van der Waals surface area contributed by atoms with E-state index in [4.69, 9.17) is 0 Å². The van der Waals surface area contributed by atoms with Crippen LogP contribution in [0.25, 0.3) is 5.69 Å². The second-order valence-corrected chi connectivity index (χ2v) is 8.19. The maximum atomic E-state index is 13.0. The van der Waals surface area contributed by atoms with E-state index in [1.54, 1.807) is 20.7 Å². The van der Waals surface area contributed by atoms with Gasteiger partial charge in [0.2, 0.25) is 5.91 Å². The van der Waals surface area contributed by atoms with Crippen molar-refractivity contribution < 1.29 is 4.79 Å². The third-order valence-corrected chi connectivity index (χ3v) is 6.59. The number of carbonyl (C=O) groups excluding carboxylic acids is 1. The van der Waals surface area contributed by atoms with E-state index < -0.39 is 0 Å². The van der Waals surface area contributed by atoms with Gasteiger partial charge in [-0.05, 0) is 49.4 Å². The molecule has 1 amide bonds. The normalized spacial score (nSPS) is 15.2. The molecule has 0 bridgehead atoms. The standard InChI is InChI=1S/C21H24N4O2S/c1-14-19(21(27)25(23(14)3)17-7-5-4-6-8-17)22-20(26)15(2)24-11-9-18-16(13-24)10-12-28-18/h4-8,10,12,15H,9,11,13H2,1-3H3,(H,22,26). The summed E-state index contributed by atoms with van der Waals surface area (Å²) in [4.78, 5) is 29.5. The summed E-state index contributed by atoms with van der Waals surface area (Å²) in [6.07, 6.45) is 0.968. The Morgan fingerprint density at radius 3 is 2.71 bits per heavy atom. The van der Waals surface area contributed by atoms with E-state index in [9.17, 15) is 9.59 Å². The highest BCUT2D eigenvalue weighted by molar-refractivity contribution is 7.10. The Morgan fingerprint density at radius 2 is 1.96 bits per heavy atom. The van der Waals surface area contributed by atoms with Crippen molar-refractivity contribution >= 4 is 22.9 Å². The van der Waals surface area contributed by atoms with Crippen LogP contribution in [0.2, 0.25) is 0 Å².